The van der Waals surface area contributed by atoms with Crippen LogP contribution in [0.5, 0.6) is 0 Å². The number of aliphatic hydroxyl groups is 1. The van der Waals surface area contributed by atoms with Crippen LogP contribution in [-0.4, -0.2) is 35.6 Å². The fourth-order valence-electron chi connectivity index (χ4n) is 1.99. The molecule has 17 heavy (non-hydrogen) atoms. The zero-order valence-electron chi connectivity index (χ0n) is 9.40. The van der Waals surface area contributed by atoms with Crippen molar-refractivity contribution in [3.05, 3.63) is 35.1 Å². The molecule has 2 rings (SSSR count). The molecule has 1 aliphatic heterocycles. The van der Waals surface area contributed by atoms with E-state index < -0.39 is 11.7 Å². The molecule has 0 spiro atoms. The summed E-state index contributed by atoms with van der Waals surface area (Å²) in [5.41, 5.74) is 5.79. The average Bonchev–Trinajstić information content (AvgIpc) is 2.24. The lowest BCUT2D eigenvalue weighted by Crippen LogP contribution is -2.47. The molecule has 5 heteroatoms. The fraction of sp³-hybridized carbons (Fsp3) is 0.417. The Morgan fingerprint density at radius 3 is 2.76 bits per heavy atom. The second kappa shape index (κ2) is 4.81. The van der Waals surface area contributed by atoms with Crippen molar-refractivity contribution in [2.45, 2.75) is 6.54 Å². The van der Waals surface area contributed by atoms with E-state index in [9.17, 15) is 9.18 Å². The Morgan fingerprint density at radius 2 is 2.24 bits per heavy atom. The molecule has 1 amide bonds. The van der Waals surface area contributed by atoms with Gasteiger partial charge in [0, 0.05) is 43.3 Å². The quantitative estimate of drug-likeness (QED) is 0.795. The van der Waals surface area contributed by atoms with Crippen LogP contribution in [0.1, 0.15) is 15.9 Å². The van der Waals surface area contributed by atoms with Crippen molar-refractivity contribution in [1.29, 1.82) is 0 Å². The number of amides is 1. The SMILES string of the molecule is NC(=O)c1ccc(CN2CC(CO)C2)c(F)c1. The number of carbonyl (C=O) groups excluding carboxylic acids is 1. The number of halogens is 1. The van der Waals surface area contributed by atoms with Crippen molar-refractivity contribution in [3.8, 4) is 0 Å². The Bertz CT molecular complexity index is 431. The Balaban J connectivity index is 2.00. The minimum atomic E-state index is -0.625. The molecule has 4 nitrogen and oxygen atoms in total. The molecular formula is C12H15FN2O2. The molecule has 1 heterocycles. The van der Waals surface area contributed by atoms with Crippen molar-refractivity contribution in [2.75, 3.05) is 19.7 Å². The normalized spacial score (nSPS) is 16.8. The van der Waals surface area contributed by atoms with Crippen LogP contribution < -0.4 is 5.73 Å². The van der Waals surface area contributed by atoms with Crippen LogP contribution in [-0.2, 0) is 6.54 Å². The number of aliphatic hydroxyl groups excluding tert-OH is 1. The summed E-state index contributed by atoms with van der Waals surface area (Å²) in [5, 5.41) is 8.87. The van der Waals surface area contributed by atoms with Crippen molar-refractivity contribution < 1.29 is 14.3 Å². The summed E-state index contributed by atoms with van der Waals surface area (Å²) in [6.07, 6.45) is 0. The van der Waals surface area contributed by atoms with Gasteiger partial charge < -0.3 is 10.8 Å². The predicted molar refractivity (Wildman–Crippen MR) is 60.8 cm³/mol. The van der Waals surface area contributed by atoms with Crippen LogP contribution in [0.15, 0.2) is 18.2 Å². The van der Waals surface area contributed by atoms with Gasteiger partial charge in [-0.05, 0) is 12.1 Å². The zero-order valence-corrected chi connectivity index (χ0v) is 9.40. The van der Waals surface area contributed by atoms with E-state index in [1.807, 2.05) is 4.90 Å². The lowest BCUT2D eigenvalue weighted by Gasteiger charge is -2.38. The van der Waals surface area contributed by atoms with Gasteiger partial charge in [0.15, 0.2) is 0 Å². The lowest BCUT2D eigenvalue weighted by molar-refractivity contribution is 0.0471. The van der Waals surface area contributed by atoms with Gasteiger partial charge in [-0.15, -0.1) is 0 Å². The number of benzene rings is 1. The molecule has 1 aromatic rings. The molecule has 1 fully saturated rings. The Morgan fingerprint density at radius 1 is 1.53 bits per heavy atom. The molecule has 3 N–H and O–H groups in total. The number of nitrogens with zero attached hydrogens (tertiary/aromatic N) is 1. The zero-order chi connectivity index (χ0) is 12.4. The Kier molecular flexibility index (Phi) is 3.40. The minimum Gasteiger partial charge on any atom is -0.396 e. The smallest absolute Gasteiger partial charge is 0.248 e. The molecule has 1 saturated heterocycles. The van der Waals surface area contributed by atoms with Crippen molar-refractivity contribution in [2.24, 2.45) is 11.7 Å². The van der Waals surface area contributed by atoms with E-state index in [-0.39, 0.29) is 12.2 Å². The summed E-state index contributed by atoms with van der Waals surface area (Å²) in [6, 6.07) is 4.28. The average molecular weight is 238 g/mol. The Labute approximate surface area is 98.8 Å². The number of primary amides is 1. The van der Waals surface area contributed by atoms with Crippen molar-refractivity contribution in [1.82, 2.24) is 4.90 Å². The molecule has 0 unspecified atom stereocenters. The van der Waals surface area contributed by atoms with Crippen molar-refractivity contribution >= 4 is 5.91 Å². The first-order valence-electron chi connectivity index (χ1n) is 5.51. The molecule has 1 aromatic carbocycles. The highest BCUT2D eigenvalue weighted by Gasteiger charge is 2.26. The third-order valence-electron chi connectivity index (χ3n) is 3.02. The highest BCUT2D eigenvalue weighted by atomic mass is 19.1. The van der Waals surface area contributed by atoms with Crippen LogP contribution in [0.2, 0.25) is 0 Å². The van der Waals surface area contributed by atoms with E-state index in [1.54, 1.807) is 6.07 Å². The van der Waals surface area contributed by atoms with Gasteiger partial charge in [-0.1, -0.05) is 6.07 Å². The lowest BCUT2D eigenvalue weighted by atomic mass is 10.00. The summed E-state index contributed by atoms with van der Waals surface area (Å²) in [7, 11) is 0. The third kappa shape index (κ3) is 2.62. The number of nitrogens with two attached hydrogens (primary N) is 1. The molecule has 0 atom stereocenters. The number of likely N-dealkylation sites (tertiary alicyclic amines) is 1. The van der Waals surface area contributed by atoms with E-state index in [0.717, 1.165) is 13.1 Å². The summed E-state index contributed by atoms with van der Waals surface area (Å²) >= 11 is 0. The van der Waals surface area contributed by atoms with Crippen molar-refractivity contribution in [3.63, 3.8) is 0 Å². The molecule has 0 bridgehead atoms. The minimum absolute atomic E-state index is 0.180. The number of rotatable bonds is 4. The topological polar surface area (TPSA) is 66.6 Å². The third-order valence-corrected chi connectivity index (χ3v) is 3.02. The first-order valence-corrected chi connectivity index (χ1v) is 5.51. The summed E-state index contributed by atoms with van der Waals surface area (Å²) in [4.78, 5) is 12.9. The second-order valence-corrected chi connectivity index (χ2v) is 4.41. The molecular weight excluding hydrogens is 223 g/mol. The molecule has 1 aliphatic rings. The molecule has 0 saturated carbocycles. The largest absolute Gasteiger partial charge is 0.396 e. The maximum atomic E-state index is 13.6. The second-order valence-electron chi connectivity index (χ2n) is 4.41. The number of carbonyl (C=O) groups is 1. The van der Waals surface area contributed by atoms with Crippen LogP contribution in [0.3, 0.4) is 0 Å². The highest BCUT2D eigenvalue weighted by Crippen LogP contribution is 2.20. The van der Waals surface area contributed by atoms with Gasteiger partial charge in [0.2, 0.25) is 5.91 Å². The van der Waals surface area contributed by atoms with Crippen LogP contribution in [0.25, 0.3) is 0 Å². The summed E-state index contributed by atoms with van der Waals surface area (Å²) in [5.74, 6) is -0.726. The fourth-order valence-corrected chi connectivity index (χ4v) is 1.99. The van der Waals surface area contributed by atoms with Gasteiger partial charge in [-0.2, -0.15) is 0 Å². The molecule has 92 valence electrons. The molecule has 0 radical (unpaired) electrons. The standard InChI is InChI=1S/C12H15FN2O2/c13-11-3-9(12(14)17)1-2-10(11)6-15-4-8(5-15)7-16/h1-3,8,16H,4-7H2,(H2,14,17). The maximum Gasteiger partial charge on any atom is 0.248 e. The summed E-state index contributed by atoms with van der Waals surface area (Å²) < 4.78 is 13.6. The van der Waals surface area contributed by atoms with Crippen LogP contribution in [0, 0.1) is 11.7 Å². The van der Waals surface area contributed by atoms with Gasteiger partial charge in [-0.25, -0.2) is 4.39 Å². The van der Waals surface area contributed by atoms with E-state index in [1.165, 1.54) is 12.1 Å². The van der Waals surface area contributed by atoms with E-state index in [2.05, 4.69) is 0 Å². The van der Waals surface area contributed by atoms with E-state index in [0.29, 0.717) is 18.0 Å². The van der Waals surface area contributed by atoms with E-state index in [4.69, 9.17) is 10.8 Å². The summed E-state index contributed by atoms with van der Waals surface area (Å²) in [6.45, 7) is 2.25. The van der Waals surface area contributed by atoms with Gasteiger partial charge in [0.1, 0.15) is 5.82 Å². The van der Waals surface area contributed by atoms with E-state index >= 15 is 0 Å². The molecule has 0 aliphatic carbocycles. The monoisotopic (exact) mass is 238 g/mol. The van der Waals surface area contributed by atoms with Gasteiger partial charge in [0.25, 0.3) is 0 Å². The Hall–Kier alpha value is -1.46. The van der Waals surface area contributed by atoms with Crippen LogP contribution in [0.4, 0.5) is 4.39 Å². The predicted octanol–water partition coefficient (Wildman–Crippen LogP) is 0.349. The first-order chi connectivity index (χ1) is 8.10. The highest BCUT2D eigenvalue weighted by molar-refractivity contribution is 5.92. The van der Waals surface area contributed by atoms with Gasteiger partial charge >= 0.3 is 0 Å². The first kappa shape index (κ1) is 12.0. The maximum absolute atomic E-state index is 13.6. The van der Waals surface area contributed by atoms with Gasteiger partial charge in [0.05, 0.1) is 0 Å². The van der Waals surface area contributed by atoms with Gasteiger partial charge in [-0.3, -0.25) is 9.69 Å². The molecule has 0 aromatic heterocycles. The number of hydrogen-bond acceptors (Lipinski definition) is 3. The number of hydrogen-bond donors (Lipinski definition) is 2. The van der Waals surface area contributed by atoms with Crippen LogP contribution >= 0.6 is 0 Å².